The Labute approximate surface area is 120 Å². The van der Waals surface area contributed by atoms with Crippen LogP contribution in [0.2, 0.25) is 0 Å². The van der Waals surface area contributed by atoms with E-state index in [0.29, 0.717) is 6.04 Å². The van der Waals surface area contributed by atoms with Crippen molar-refractivity contribution in [1.82, 2.24) is 4.90 Å². The fourth-order valence-corrected chi connectivity index (χ4v) is 3.38. The molecular weight excluding hydrogens is 256 g/mol. The van der Waals surface area contributed by atoms with Crippen molar-refractivity contribution >= 4 is 17.4 Å². The van der Waals surface area contributed by atoms with Crippen molar-refractivity contribution < 1.29 is 4.74 Å². The summed E-state index contributed by atoms with van der Waals surface area (Å²) in [7, 11) is 2.21. The highest BCUT2D eigenvalue weighted by Gasteiger charge is 2.18. The van der Waals surface area contributed by atoms with E-state index in [1.54, 1.807) is 0 Å². The fourth-order valence-electron chi connectivity index (χ4n) is 2.50. The van der Waals surface area contributed by atoms with Crippen molar-refractivity contribution in [2.75, 3.05) is 37.5 Å². The van der Waals surface area contributed by atoms with Crippen molar-refractivity contribution in [3.8, 4) is 5.75 Å². The topological polar surface area (TPSA) is 24.5 Å². The Bertz CT molecular complexity index is 411. The average molecular weight is 280 g/mol. The summed E-state index contributed by atoms with van der Waals surface area (Å²) in [5.74, 6) is 2.22. The van der Waals surface area contributed by atoms with Gasteiger partial charge in [-0.1, -0.05) is 19.1 Å². The summed E-state index contributed by atoms with van der Waals surface area (Å²) in [6.45, 7) is 4.87. The molecule has 1 aromatic rings. The van der Waals surface area contributed by atoms with Gasteiger partial charge in [0.25, 0.3) is 0 Å². The lowest BCUT2D eigenvalue weighted by Crippen LogP contribution is -2.33. The van der Waals surface area contributed by atoms with Gasteiger partial charge in [-0.3, -0.25) is 4.90 Å². The SMILES string of the molecule is CCC(CSC)N(C)Cc1cccc2c1OCCN2. The quantitative estimate of drug-likeness (QED) is 0.865. The number of rotatable bonds is 6. The Morgan fingerprint density at radius 1 is 1.47 bits per heavy atom. The maximum atomic E-state index is 5.83. The van der Waals surface area contributed by atoms with Crippen LogP contribution in [-0.4, -0.2) is 43.1 Å². The van der Waals surface area contributed by atoms with Crippen LogP contribution in [0.25, 0.3) is 0 Å². The molecule has 0 spiro atoms. The number of anilines is 1. The minimum Gasteiger partial charge on any atom is -0.489 e. The molecule has 0 aliphatic carbocycles. The third-order valence-corrected chi connectivity index (χ3v) is 4.35. The first-order valence-corrected chi connectivity index (χ1v) is 8.33. The van der Waals surface area contributed by atoms with Crippen LogP contribution in [-0.2, 0) is 6.54 Å². The Balaban J connectivity index is 2.10. The highest BCUT2D eigenvalue weighted by Crippen LogP contribution is 2.32. The van der Waals surface area contributed by atoms with Crippen molar-refractivity contribution in [2.24, 2.45) is 0 Å². The lowest BCUT2D eigenvalue weighted by molar-refractivity contribution is 0.240. The second-order valence-electron chi connectivity index (χ2n) is 5.00. The summed E-state index contributed by atoms with van der Waals surface area (Å²) in [4.78, 5) is 2.43. The Hall–Kier alpha value is -0.870. The van der Waals surface area contributed by atoms with Gasteiger partial charge in [-0.15, -0.1) is 0 Å². The molecule has 2 rings (SSSR count). The molecule has 0 saturated heterocycles. The number of para-hydroxylation sites is 1. The maximum absolute atomic E-state index is 5.83. The molecule has 0 bridgehead atoms. The predicted octanol–water partition coefficient (Wildman–Crippen LogP) is 3.06. The second-order valence-corrected chi connectivity index (χ2v) is 5.91. The van der Waals surface area contributed by atoms with Crippen LogP contribution in [0.1, 0.15) is 18.9 Å². The van der Waals surface area contributed by atoms with Gasteiger partial charge in [-0.2, -0.15) is 11.8 Å². The van der Waals surface area contributed by atoms with Gasteiger partial charge in [0, 0.05) is 30.4 Å². The van der Waals surface area contributed by atoms with Crippen molar-refractivity contribution in [3.63, 3.8) is 0 Å². The summed E-state index contributed by atoms with van der Waals surface area (Å²) in [6, 6.07) is 7.01. The molecule has 0 fully saturated rings. The average Bonchev–Trinajstić information content (AvgIpc) is 2.45. The zero-order valence-electron chi connectivity index (χ0n) is 12.1. The summed E-state index contributed by atoms with van der Waals surface area (Å²) in [6.07, 6.45) is 3.36. The molecular formula is C15H24N2OS. The standard InChI is InChI=1S/C15H24N2OS/c1-4-13(11-19-3)17(2)10-12-6-5-7-14-15(12)18-9-8-16-14/h5-7,13,16H,4,8-11H2,1-3H3. The third kappa shape index (κ3) is 3.57. The fraction of sp³-hybridized carbons (Fsp3) is 0.600. The van der Waals surface area contributed by atoms with Crippen LogP contribution in [0.15, 0.2) is 18.2 Å². The van der Waals surface area contributed by atoms with Gasteiger partial charge >= 0.3 is 0 Å². The highest BCUT2D eigenvalue weighted by atomic mass is 32.2. The third-order valence-electron chi connectivity index (χ3n) is 3.63. The summed E-state index contributed by atoms with van der Waals surface area (Å²) < 4.78 is 5.83. The van der Waals surface area contributed by atoms with Crippen LogP contribution in [0, 0.1) is 0 Å². The molecule has 1 atom stereocenters. The molecule has 1 heterocycles. The van der Waals surface area contributed by atoms with Gasteiger partial charge in [0.05, 0.1) is 5.69 Å². The zero-order valence-corrected chi connectivity index (χ0v) is 12.9. The molecule has 1 unspecified atom stereocenters. The van der Waals surface area contributed by atoms with Gasteiger partial charge in [0.1, 0.15) is 12.4 Å². The van der Waals surface area contributed by atoms with Crippen LogP contribution in [0.3, 0.4) is 0 Å². The van der Waals surface area contributed by atoms with E-state index < -0.39 is 0 Å². The van der Waals surface area contributed by atoms with Crippen LogP contribution >= 0.6 is 11.8 Å². The monoisotopic (exact) mass is 280 g/mol. The molecule has 19 heavy (non-hydrogen) atoms. The predicted molar refractivity (Wildman–Crippen MR) is 84.4 cm³/mol. The molecule has 3 nitrogen and oxygen atoms in total. The second kappa shape index (κ2) is 7.06. The van der Waals surface area contributed by atoms with Gasteiger partial charge in [0.2, 0.25) is 0 Å². The van der Waals surface area contributed by atoms with Crippen molar-refractivity contribution in [3.05, 3.63) is 23.8 Å². The van der Waals surface area contributed by atoms with Crippen molar-refractivity contribution in [2.45, 2.75) is 25.9 Å². The first-order chi connectivity index (χ1) is 9.26. The normalized spacial score (nSPS) is 15.6. The van der Waals surface area contributed by atoms with Gasteiger partial charge in [-0.05, 0) is 25.8 Å². The van der Waals surface area contributed by atoms with E-state index in [9.17, 15) is 0 Å². The number of ether oxygens (including phenoxy) is 1. The molecule has 1 aromatic carbocycles. The molecule has 1 aliphatic rings. The van der Waals surface area contributed by atoms with Gasteiger partial charge in [-0.25, -0.2) is 0 Å². The molecule has 1 N–H and O–H groups in total. The van der Waals surface area contributed by atoms with Gasteiger partial charge in [0.15, 0.2) is 0 Å². The minimum atomic E-state index is 0.627. The molecule has 0 amide bonds. The first-order valence-electron chi connectivity index (χ1n) is 6.94. The van der Waals surface area contributed by atoms with E-state index in [2.05, 4.69) is 48.6 Å². The number of fused-ring (bicyclic) bond motifs is 1. The summed E-state index contributed by atoms with van der Waals surface area (Å²) >= 11 is 1.92. The molecule has 0 aromatic heterocycles. The smallest absolute Gasteiger partial charge is 0.146 e. The number of hydrogen-bond acceptors (Lipinski definition) is 4. The van der Waals surface area contributed by atoms with Gasteiger partial charge < -0.3 is 10.1 Å². The van der Waals surface area contributed by atoms with E-state index in [4.69, 9.17) is 4.74 Å². The Morgan fingerprint density at radius 2 is 2.32 bits per heavy atom. The first kappa shape index (κ1) is 14.5. The van der Waals surface area contributed by atoms with E-state index in [1.165, 1.54) is 17.7 Å². The number of thioether (sulfide) groups is 1. The van der Waals surface area contributed by atoms with E-state index in [-0.39, 0.29) is 0 Å². The van der Waals surface area contributed by atoms with Crippen LogP contribution in [0.4, 0.5) is 5.69 Å². The summed E-state index contributed by atoms with van der Waals surface area (Å²) in [5, 5.41) is 3.40. The number of benzene rings is 1. The Morgan fingerprint density at radius 3 is 3.05 bits per heavy atom. The Kier molecular flexibility index (Phi) is 5.40. The molecule has 4 heteroatoms. The largest absolute Gasteiger partial charge is 0.489 e. The minimum absolute atomic E-state index is 0.627. The molecule has 0 saturated carbocycles. The molecule has 106 valence electrons. The molecule has 1 aliphatic heterocycles. The maximum Gasteiger partial charge on any atom is 0.146 e. The van der Waals surface area contributed by atoms with E-state index >= 15 is 0 Å². The number of nitrogens with one attached hydrogen (secondary N) is 1. The lowest BCUT2D eigenvalue weighted by Gasteiger charge is -2.29. The lowest BCUT2D eigenvalue weighted by atomic mass is 10.1. The van der Waals surface area contributed by atoms with Crippen molar-refractivity contribution in [1.29, 1.82) is 0 Å². The molecule has 0 radical (unpaired) electrons. The number of hydrogen-bond donors (Lipinski definition) is 1. The highest BCUT2D eigenvalue weighted by molar-refractivity contribution is 7.98. The zero-order chi connectivity index (χ0) is 13.7. The number of nitrogens with zero attached hydrogens (tertiary/aromatic N) is 1. The van der Waals surface area contributed by atoms with Crippen LogP contribution < -0.4 is 10.1 Å². The van der Waals surface area contributed by atoms with E-state index in [1.807, 2.05) is 11.8 Å². The van der Waals surface area contributed by atoms with E-state index in [0.717, 1.165) is 31.1 Å². The van der Waals surface area contributed by atoms with Crippen LogP contribution in [0.5, 0.6) is 5.75 Å². The summed E-state index contributed by atoms with van der Waals surface area (Å²) in [5.41, 5.74) is 2.42.